The molecule has 2 aromatic rings. The van der Waals surface area contributed by atoms with Crippen molar-refractivity contribution in [3.05, 3.63) is 47.3 Å². The lowest BCUT2D eigenvalue weighted by atomic mass is 10.1. The van der Waals surface area contributed by atoms with Gasteiger partial charge in [0.15, 0.2) is 5.96 Å². The topological polar surface area (TPSA) is 72.0 Å². The van der Waals surface area contributed by atoms with Crippen LogP contribution < -0.4 is 20.9 Å². The van der Waals surface area contributed by atoms with Crippen molar-refractivity contribution in [3.63, 3.8) is 0 Å². The summed E-state index contributed by atoms with van der Waals surface area (Å²) in [6, 6.07) is 12.6. The molecular formula is C23H35IN6OS. The van der Waals surface area contributed by atoms with Crippen LogP contribution in [0.4, 0.5) is 10.7 Å². The van der Waals surface area contributed by atoms with Crippen molar-refractivity contribution in [1.82, 2.24) is 15.5 Å². The first-order chi connectivity index (χ1) is 15.0. The molecule has 1 aromatic heterocycles. The highest BCUT2D eigenvalue weighted by Gasteiger charge is 2.20. The zero-order chi connectivity index (χ0) is 22.1. The SMILES string of the molecule is CCNC(=NCc1cccc(NC(=O)CN(C)C)c1)NC1CCN(c2cccs2)CC1.I. The van der Waals surface area contributed by atoms with Crippen LogP contribution >= 0.6 is 35.3 Å². The van der Waals surface area contributed by atoms with Crippen LogP contribution in [0.3, 0.4) is 0 Å². The number of halogens is 1. The minimum absolute atomic E-state index is 0. The standard InChI is InChI=1S/C23H34N6OS.HI/c1-4-24-23(27-19-10-12-29(13-11-19)22-9-6-14-31-22)25-16-18-7-5-8-20(15-18)26-21(30)17-28(2)3;/h5-9,14-15,19H,4,10-13,16-17H2,1-3H3,(H,26,30)(H2,24,25,27);1H. The average Bonchev–Trinajstić information content (AvgIpc) is 3.27. The molecule has 0 aliphatic carbocycles. The van der Waals surface area contributed by atoms with Gasteiger partial charge in [-0.05, 0) is 69.1 Å². The monoisotopic (exact) mass is 570 g/mol. The van der Waals surface area contributed by atoms with Crippen molar-refractivity contribution in [2.24, 2.45) is 4.99 Å². The quantitative estimate of drug-likeness (QED) is 0.257. The highest BCUT2D eigenvalue weighted by Crippen LogP contribution is 2.24. The number of nitrogens with one attached hydrogen (secondary N) is 3. The van der Waals surface area contributed by atoms with Crippen LogP contribution in [-0.4, -0.2) is 63.1 Å². The Balaban J connectivity index is 0.00000363. The second kappa shape index (κ2) is 13.6. The van der Waals surface area contributed by atoms with Crippen LogP contribution in [0.5, 0.6) is 0 Å². The van der Waals surface area contributed by atoms with Crippen LogP contribution in [0.2, 0.25) is 0 Å². The maximum Gasteiger partial charge on any atom is 0.238 e. The Morgan fingerprint density at radius 3 is 2.66 bits per heavy atom. The minimum Gasteiger partial charge on any atom is -0.363 e. The van der Waals surface area contributed by atoms with Crippen molar-refractivity contribution in [1.29, 1.82) is 0 Å². The molecule has 0 spiro atoms. The molecule has 1 aromatic carbocycles. The Kier molecular flexibility index (Phi) is 11.3. The molecule has 1 fully saturated rings. The van der Waals surface area contributed by atoms with Gasteiger partial charge in [-0.2, -0.15) is 0 Å². The molecule has 176 valence electrons. The number of carbonyl (C=O) groups is 1. The Hall–Kier alpha value is -1.85. The van der Waals surface area contributed by atoms with E-state index < -0.39 is 0 Å². The largest absolute Gasteiger partial charge is 0.363 e. The molecular weight excluding hydrogens is 535 g/mol. The van der Waals surface area contributed by atoms with E-state index in [0.29, 0.717) is 19.1 Å². The van der Waals surface area contributed by atoms with E-state index in [0.717, 1.165) is 49.7 Å². The van der Waals surface area contributed by atoms with Gasteiger partial charge in [-0.3, -0.25) is 4.79 Å². The molecule has 1 saturated heterocycles. The molecule has 3 N–H and O–H groups in total. The second-order valence-corrected chi connectivity index (χ2v) is 8.96. The van der Waals surface area contributed by atoms with E-state index in [4.69, 9.17) is 4.99 Å². The maximum absolute atomic E-state index is 12.0. The Morgan fingerprint density at radius 2 is 2.00 bits per heavy atom. The molecule has 9 heteroatoms. The molecule has 0 bridgehead atoms. The highest BCUT2D eigenvalue weighted by atomic mass is 127. The van der Waals surface area contributed by atoms with E-state index in [1.54, 1.807) is 11.3 Å². The van der Waals surface area contributed by atoms with Crippen LogP contribution in [0.1, 0.15) is 25.3 Å². The molecule has 0 saturated carbocycles. The van der Waals surface area contributed by atoms with Crippen molar-refractivity contribution in [2.75, 3.05) is 50.5 Å². The molecule has 3 rings (SSSR count). The van der Waals surface area contributed by atoms with Crippen molar-refractivity contribution < 1.29 is 4.79 Å². The Bertz CT molecular complexity index is 850. The summed E-state index contributed by atoms with van der Waals surface area (Å²) >= 11 is 1.81. The van der Waals surface area contributed by atoms with Crippen LogP contribution in [0.25, 0.3) is 0 Å². The summed E-state index contributed by atoms with van der Waals surface area (Å²) in [6.45, 7) is 5.94. The van der Waals surface area contributed by atoms with Gasteiger partial charge in [-0.1, -0.05) is 12.1 Å². The predicted octanol–water partition coefficient (Wildman–Crippen LogP) is 3.59. The van der Waals surface area contributed by atoms with Gasteiger partial charge in [-0.25, -0.2) is 4.99 Å². The number of guanidine groups is 1. The molecule has 1 aliphatic heterocycles. The van der Waals surface area contributed by atoms with Crippen LogP contribution in [0.15, 0.2) is 46.8 Å². The number of hydrogen-bond donors (Lipinski definition) is 3. The summed E-state index contributed by atoms with van der Waals surface area (Å²) in [7, 11) is 3.76. The lowest BCUT2D eigenvalue weighted by Gasteiger charge is -2.33. The summed E-state index contributed by atoms with van der Waals surface area (Å²) < 4.78 is 0. The average molecular weight is 571 g/mol. The van der Waals surface area contributed by atoms with Crippen molar-refractivity contribution >= 4 is 57.9 Å². The molecule has 1 amide bonds. The van der Waals surface area contributed by atoms with E-state index in [1.807, 2.05) is 43.3 Å². The Morgan fingerprint density at radius 1 is 1.22 bits per heavy atom. The van der Waals surface area contributed by atoms with E-state index in [-0.39, 0.29) is 29.9 Å². The fraction of sp³-hybridized carbons (Fsp3) is 0.478. The number of benzene rings is 1. The van der Waals surface area contributed by atoms with Crippen molar-refractivity contribution in [3.8, 4) is 0 Å². The van der Waals surface area contributed by atoms with Crippen LogP contribution in [0, 0.1) is 0 Å². The first-order valence-electron chi connectivity index (χ1n) is 10.9. The predicted molar refractivity (Wildman–Crippen MR) is 147 cm³/mol. The third-order valence-electron chi connectivity index (χ3n) is 5.09. The van der Waals surface area contributed by atoms with Gasteiger partial charge in [0.2, 0.25) is 5.91 Å². The zero-order valence-corrected chi connectivity index (χ0v) is 22.3. The molecule has 1 aliphatic rings. The number of likely N-dealkylation sites (N-methyl/N-ethyl adjacent to an activating group) is 1. The first-order valence-corrected chi connectivity index (χ1v) is 11.8. The summed E-state index contributed by atoms with van der Waals surface area (Å²) in [4.78, 5) is 21.1. The lowest BCUT2D eigenvalue weighted by Crippen LogP contribution is -2.48. The number of thiophene rings is 1. The number of carbonyl (C=O) groups excluding carboxylic acids is 1. The van der Waals surface area contributed by atoms with E-state index in [1.165, 1.54) is 5.00 Å². The Labute approximate surface area is 212 Å². The second-order valence-electron chi connectivity index (χ2n) is 8.04. The van der Waals surface area contributed by atoms with Gasteiger partial charge in [0, 0.05) is 31.4 Å². The molecule has 0 atom stereocenters. The molecule has 7 nitrogen and oxygen atoms in total. The van der Waals surface area contributed by atoms with Gasteiger partial charge in [0.05, 0.1) is 18.1 Å². The summed E-state index contributed by atoms with van der Waals surface area (Å²) in [5.41, 5.74) is 1.87. The highest BCUT2D eigenvalue weighted by molar-refractivity contribution is 14.0. The van der Waals surface area contributed by atoms with Gasteiger partial charge in [0.25, 0.3) is 0 Å². The zero-order valence-electron chi connectivity index (χ0n) is 19.1. The lowest BCUT2D eigenvalue weighted by molar-refractivity contribution is -0.116. The fourth-order valence-corrected chi connectivity index (χ4v) is 4.40. The normalized spacial score (nSPS) is 14.8. The minimum atomic E-state index is -0.0189. The number of nitrogens with zero attached hydrogens (tertiary/aromatic N) is 3. The smallest absolute Gasteiger partial charge is 0.238 e. The fourth-order valence-electron chi connectivity index (χ4n) is 3.61. The van der Waals surface area contributed by atoms with Gasteiger partial charge in [-0.15, -0.1) is 35.3 Å². The van der Waals surface area contributed by atoms with Gasteiger partial charge < -0.3 is 25.8 Å². The van der Waals surface area contributed by atoms with E-state index >= 15 is 0 Å². The number of anilines is 2. The molecule has 2 heterocycles. The number of piperidine rings is 1. The molecule has 32 heavy (non-hydrogen) atoms. The molecule has 0 radical (unpaired) electrons. The summed E-state index contributed by atoms with van der Waals surface area (Å²) in [5.74, 6) is 0.827. The maximum atomic E-state index is 12.0. The summed E-state index contributed by atoms with van der Waals surface area (Å²) in [6.07, 6.45) is 2.19. The van der Waals surface area contributed by atoms with E-state index in [2.05, 4.69) is 45.3 Å². The van der Waals surface area contributed by atoms with Crippen LogP contribution in [-0.2, 0) is 11.3 Å². The number of aliphatic imine (C=N–C) groups is 1. The molecule has 0 unspecified atom stereocenters. The van der Waals surface area contributed by atoms with Gasteiger partial charge in [0.1, 0.15) is 0 Å². The number of amides is 1. The third kappa shape index (κ3) is 8.59. The number of hydrogen-bond acceptors (Lipinski definition) is 5. The van der Waals surface area contributed by atoms with Crippen molar-refractivity contribution in [2.45, 2.75) is 32.4 Å². The third-order valence-corrected chi connectivity index (χ3v) is 6.02. The van der Waals surface area contributed by atoms with E-state index in [9.17, 15) is 4.79 Å². The number of rotatable bonds is 8. The first kappa shape index (κ1) is 26.4. The van der Waals surface area contributed by atoms with Gasteiger partial charge >= 0.3 is 0 Å². The summed E-state index contributed by atoms with van der Waals surface area (Å²) in [5, 5.41) is 13.4.